The van der Waals surface area contributed by atoms with E-state index in [9.17, 15) is 14.4 Å². The number of amides is 3. The van der Waals surface area contributed by atoms with Crippen LogP contribution in [-0.4, -0.2) is 40.7 Å². The van der Waals surface area contributed by atoms with Gasteiger partial charge in [0.15, 0.2) is 6.61 Å². The normalized spacial score (nSPS) is 17.5. The van der Waals surface area contributed by atoms with E-state index in [1.165, 1.54) is 0 Å². The fraction of sp³-hybridized carbons (Fsp3) is 0.500. The van der Waals surface area contributed by atoms with E-state index in [1.54, 1.807) is 23.9 Å². The molecule has 8 nitrogen and oxygen atoms in total. The van der Waals surface area contributed by atoms with Crippen LogP contribution in [0.4, 0.5) is 0 Å². The summed E-state index contributed by atoms with van der Waals surface area (Å²) in [6, 6.07) is 5.40. The monoisotopic (exact) mass is 386 g/mol. The lowest BCUT2D eigenvalue weighted by molar-refractivity contribution is -0.134. The van der Waals surface area contributed by atoms with E-state index in [4.69, 9.17) is 4.74 Å². The fourth-order valence-corrected chi connectivity index (χ4v) is 3.13. The molecular weight excluding hydrogens is 360 g/mol. The number of benzene rings is 1. The minimum absolute atomic E-state index is 0.00963. The van der Waals surface area contributed by atoms with Crippen LogP contribution >= 0.6 is 0 Å². The Hall–Kier alpha value is -2.90. The molecule has 0 bridgehead atoms. The Labute approximate surface area is 163 Å². The number of nitrogens with one attached hydrogen (secondary N) is 2. The molecule has 1 aliphatic rings. The Morgan fingerprint density at radius 3 is 2.79 bits per heavy atom. The van der Waals surface area contributed by atoms with Gasteiger partial charge in [-0.1, -0.05) is 20.8 Å². The molecule has 1 fully saturated rings. The van der Waals surface area contributed by atoms with Gasteiger partial charge in [-0.15, -0.1) is 0 Å². The summed E-state index contributed by atoms with van der Waals surface area (Å²) < 4.78 is 7.29. The minimum Gasteiger partial charge on any atom is -0.484 e. The van der Waals surface area contributed by atoms with Crippen molar-refractivity contribution in [3.05, 3.63) is 23.9 Å². The van der Waals surface area contributed by atoms with Crippen LogP contribution in [0.3, 0.4) is 0 Å². The second-order valence-electron chi connectivity index (χ2n) is 8.32. The molecule has 1 saturated heterocycles. The standard InChI is InChI=1S/C20H26N4O4/c1-20(2,3)11-21-17(26)10-28-12-5-6-13-15(9-12)24(4)23-18(13)14-7-8-16(25)22-19(14)27/h5-6,9,14H,7-8,10-11H2,1-4H3,(H,21,26)(H,22,25,27). The number of nitrogens with zero attached hydrogens (tertiary/aromatic N) is 2. The molecule has 1 aromatic carbocycles. The lowest BCUT2D eigenvalue weighted by Crippen LogP contribution is -2.39. The number of imide groups is 1. The molecular formula is C20H26N4O4. The van der Waals surface area contributed by atoms with E-state index in [0.717, 1.165) is 10.9 Å². The predicted octanol–water partition coefficient (Wildman–Crippen LogP) is 1.63. The summed E-state index contributed by atoms with van der Waals surface area (Å²) in [7, 11) is 1.79. The number of ether oxygens (including phenoxy) is 1. The second-order valence-corrected chi connectivity index (χ2v) is 8.32. The highest BCUT2D eigenvalue weighted by atomic mass is 16.5. The molecule has 28 heavy (non-hydrogen) atoms. The third kappa shape index (κ3) is 4.49. The molecule has 3 rings (SSSR count). The number of carbonyl (C=O) groups is 3. The molecule has 0 saturated carbocycles. The summed E-state index contributed by atoms with van der Waals surface area (Å²) in [5.41, 5.74) is 1.46. The first-order chi connectivity index (χ1) is 13.1. The Bertz CT molecular complexity index is 926. The van der Waals surface area contributed by atoms with Crippen molar-refractivity contribution in [1.82, 2.24) is 20.4 Å². The quantitative estimate of drug-likeness (QED) is 0.761. The first-order valence-corrected chi connectivity index (χ1v) is 9.34. The van der Waals surface area contributed by atoms with E-state index in [2.05, 4.69) is 15.7 Å². The van der Waals surface area contributed by atoms with Gasteiger partial charge in [-0.05, 0) is 24.0 Å². The van der Waals surface area contributed by atoms with E-state index in [0.29, 0.717) is 30.8 Å². The fourth-order valence-electron chi connectivity index (χ4n) is 3.13. The average molecular weight is 386 g/mol. The number of hydrogen-bond acceptors (Lipinski definition) is 5. The van der Waals surface area contributed by atoms with Crippen LogP contribution in [0.2, 0.25) is 0 Å². The molecule has 0 aliphatic carbocycles. The molecule has 2 heterocycles. The van der Waals surface area contributed by atoms with Crippen molar-refractivity contribution in [3.8, 4) is 5.75 Å². The van der Waals surface area contributed by atoms with Gasteiger partial charge in [0.2, 0.25) is 11.8 Å². The number of aromatic nitrogens is 2. The summed E-state index contributed by atoms with van der Waals surface area (Å²) in [4.78, 5) is 35.5. The van der Waals surface area contributed by atoms with Crippen molar-refractivity contribution >= 4 is 28.6 Å². The highest BCUT2D eigenvalue weighted by Gasteiger charge is 2.31. The molecule has 3 amide bonds. The van der Waals surface area contributed by atoms with E-state index >= 15 is 0 Å². The third-order valence-corrected chi connectivity index (χ3v) is 4.61. The Kier molecular flexibility index (Phi) is 5.40. The first-order valence-electron chi connectivity index (χ1n) is 9.34. The summed E-state index contributed by atoms with van der Waals surface area (Å²) in [6.07, 6.45) is 0.752. The van der Waals surface area contributed by atoms with Gasteiger partial charge in [-0.25, -0.2) is 0 Å². The SMILES string of the molecule is Cn1nc(C2CCC(=O)NC2=O)c2ccc(OCC(=O)NCC(C)(C)C)cc21. The van der Waals surface area contributed by atoms with E-state index in [1.807, 2.05) is 26.8 Å². The zero-order valence-corrected chi connectivity index (χ0v) is 16.7. The molecule has 150 valence electrons. The smallest absolute Gasteiger partial charge is 0.257 e. The summed E-state index contributed by atoms with van der Waals surface area (Å²) in [6.45, 7) is 6.64. The number of hydrogen-bond donors (Lipinski definition) is 2. The van der Waals surface area contributed by atoms with Crippen molar-refractivity contribution in [2.24, 2.45) is 12.5 Å². The van der Waals surface area contributed by atoms with Crippen LogP contribution in [0.1, 0.15) is 45.2 Å². The number of piperidine rings is 1. The van der Waals surface area contributed by atoms with Crippen LogP contribution in [0.25, 0.3) is 10.9 Å². The van der Waals surface area contributed by atoms with Gasteiger partial charge in [0.25, 0.3) is 5.91 Å². The lowest BCUT2D eigenvalue weighted by Gasteiger charge is -2.19. The summed E-state index contributed by atoms with van der Waals surface area (Å²) >= 11 is 0. The van der Waals surface area contributed by atoms with Crippen molar-refractivity contribution in [1.29, 1.82) is 0 Å². The molecule has 0 spiro atoms. The minimum atomic E-state index is -0.448. The maximum atomic E-state index is 12.2. The zero-order valence-electron chi connectivity index (χ0n) is 16.7. The summed E-state index contributed by atoms with van der Waals surface area (Å²) in [5, 5.41) is 10.5. The average Bonchev–Trinajstić information content (AvgIpc) is 2.94. The Balaban J connectivity index is 1.72. The molecule has 1 aliphatic heterocycles. The van der Waals surface area contributed by atoms with Gasteiger partial charge < -0.3 is 10.1 Å². The van der Waals surface area contributed by atoms with Crippen LogP contribution < -0.4 is 15.4 Å². The number of aryl methyl sites for hydroxylation is 1. The number of rotatable bonds is 5. The van der Waals surface area contributed by atoms with E-state index in [-0.39, 0.29) is 29.7 Å². The number of carbonyl (C=O) groups excluding carboxylic acids is 3. The highest BCUT2D eigenvalue weighted by molar-refractivity contribution is 6.02. The van der Waals surface area contributed by atoms with Gasteiger partial charge in [0.05, 0.1) is 17.1 Å². The van der Waals surface area contributed by atoms with Gasteiger partial charge >= 0.3 is 0 Å². The second kappa shape index (κ2) is 7.61. The van der Waals surface area contributed by atoms with Crippen molar-refractivity contribution in [3.63, 3.8) is 0 Å². The largest absolute Gasteiger partial charge is 0.484 e. The van der Waals surface area contributed by atoms with Crippen LogP contribution in [0.5, 0.6) is 5.75 Å². The lowest BCUT2D eigenvalue weighted by atomic mass is 9.93. The Morgan fingerprint density at radius 2 is 2.11 bits per heavy atom. The maximum absolute atomic E-state index is 12.2. The van der Waals surface area contributed by atoms with Crippen molar-refractivity contribution in [2.45, 2.75) is 39.5 Å². The molecule has 2 N–H and O–H groups in total. The predicted molar refractivity (Wildman–Crippen MR) is 104 cm³/mol. The van der Waals surface area contributed by atoms with Crippen LogP contribution in [0.15, 0.2) is 18.2 Å². The summed E-state index contributed by atoms with van der Waals surface area (Å²) in [5.74, 6) is -0.633. The highest BCUT2D eigenvalue weighted by Crippen LogP contribution is 2.31. The maximum Gasteiger partial charge on any atom is 0.257 e. The molecule has 1 unspecified atom stereocenters. The van der Waals surface area contributed by atoms with Crippen molar-refractivity contribution in [2.75, 3.05) is 13.2 Å². The number of fused-ring (bicyclic) bond motifs is 1. The molecule has 0 radical (unpaired) electrons. The topological polar surface area (TPSA) is 102 Å². The molecule has 1 atom stereocenters. The third-order valence-electron chi connectivity index (χ3n) is 4.61. The molecule has 2 aromatic rings. The zero-order chi connectivity index (χ0) is 20.5. The van der Waals surface area contributed by atoms with Crippen molar-refractivity contribution < 1.29 is 19.1 Å². The van der Waals surface area contributed by atoms with Gasteiger partial charge in [0, 0.05) is 31.5 Å². The molecule has 8 heteroatoms. The Morgan fingerprint density at radius 1 is 1.36 bits per heavy atom. The van der Waals surface area contributed by atoms with Gasteiger partial charge in [-0.3, -0.25) is 24.4 Å². The van der Waals surface area contributed by atoms with Gasteiger partial charge in [-0.2, -0.15) is 5.10 Å². The molecule has 1 aromatic heterocycles. The first kappa shape index (κ1) is 19.9. The van der Waals surface area contributed by atoms with Crippen LogP contribution in [-0.2, 0) is 21.4 Å². The van der Waals surface area contributed by atoms with E-state index < -0.39 is 5.92 Å². The van der Waals surface area contributed by atoms with Crippen LogP contribution in [0, 0.1) is 5.41 Å². The van der Waals surface area contributed by atoms with Gasteiger partial charge in [0.1, 0.15) is 5.75 Å².